The Morgan fingerprint density at radius 1 is 1.07 bits per heavy atom. The summed E-state index contributed by atoms with van der Waals surface area (Å²) in [5.41, 5.74) is 12.3. The van der Waals surface area contributed by atoms with Crippen molar-refractivity contribution in [2.75, 3.05) is 24.6 Å². The molecule has 0 radical (unpaired) electrons. The van der Waals surface area contributed by atoms with Gasteiger partial charge in [0.05, 0.1) is 30.3 Å². The Labute approximate surface area is 267 Å². The van der Waals surface area contributed by atoms with Crippen molar-refractivity contribution < 1.29 is 17.9 Å². The van der Waals surface area contributed by atoms with Crippen LogP contribution in [0.3, 0.4) is 0 Å². The van der Waals surface area contributed by atoms with E-state index >= 15 is 0 Å². The van der Waals surface area contributed by atoms with E-state index in [4.69, 9.17) is 20.4 Å². The van der Waals surface area contributed by atoms with Crippen LogP contribution < -0.4 is 15.2 Å². The number of anilines is 1. The molecule has 3 atom stereocenters. The van der Waals surface area contributed by atoms with E-state index in [9.17, 15) is 13.2 Å². The Bertz CT molecular complexity index is 2150. The number of fused-ring (bicyclic) bond motifs is 4. The molecule has 238 valence electrons. The molecule has 1 aliphatic heterocycles. The predicted octanol–water partition coefficient (Wildman–Crippen LogP) is 4.61. The Kier molecular flexibility index (Phi) is 6.66. The topological polar surface area (TPSA) is 137 Å². The van der Waals surface area contributed by atoms with Gasteiger partial charge in [0.25, 0.3) is 5.91 Å². The molecular weight excluding hydrogens is 602 g/mol. The number of aryl methyl sites for hydroxylation is 1. The van der Waals surface area contributed by atoms with E-state index in [1.165, 1.54) is 12.8 Å². The number of carbonyl (C=O) groups excluding carboxylic acids is 1. The average molecular weight is 640 g/mol. The maximum Gasteiger partial charge on any atom is 0.254 e. The van der Waals surface area contributed by atoms with E-state index in [0.717, 1.165) is 65.0 Å². The molecule has 1 saturated heterocycles. The Balaban J connectivity index is 1.22. The van der Waals surface area contributed by atoms with Crippen LogP contribution in [0.1, 0.15) is 36.0 Å². The van der Waals surface area contributed by atoms with Crippen LogP contribution in [0.15, 0.2) is 54.6 Å². The number of nitrogens with one attached hydrogen (secondary N) is 1. The van der Waals surface area contributed by atoms with Gasteiger partial charge in [-0.05, 0) is 80.0 Å². The number of hydrogen-bond acceptors (Lipinski definition) is 7. The van der Waals surface area contributed by atoms with E-state index < -0.39 is 10.0 Å². The molecule has 12 heteroatoms. The van der Waals surface area contributed by atoms with E-state index in [1.807, 2.05) is 46.8 Å². The highest BCUT2D eigenvalue weighted by atomic mass is 32.2. The van der Waals surface area contributed by atoms with Crippen LogP contribution in [0, 0.1) is 11.8 Å². The first-order valence-corrected chi connectivity index (χ1v) is 17.7. The van der Waals surface area contributed by atoms with Crippen molar-refractivity contribution in [3.05, 3.63) is 60.2 Å². The van der Waals surface area contributed by atoms with Gasteiger partial charge in [0.1, 0.15) is 16.9 Å². The lowest BCUT2D eigenvalue weighted by Gasteiger charge is -2.27. The van der Waals surface area contributed by atoms with Gasteiger partial charge in [0.15, 0.2) is 5.82 Å². The first kappa shape index (κ1) is 29.0. The second kappa shape index (κ2) is 10.6. The monoisotopic (exact) mass is 639 g/mol. The third-order valence-corrected chi connectivity index (χ3v) is 10.5. The summed E-state index contributed by atoms with van der Waals surface area (Å²) in [5.74, 6) is 2.28. The Morgan fingerprint density at radius 2 is 1.89 bits per heavy atom. The predicted molar refractivity (Wildman–Crippen MR) is 178 cm³/mol. The number of amides is 1. The molecule has 2 aromatic carbocycles. The van der Waals surface area contributed by atoms with Crippen LogP contribution in [-0.4, -0.2) is 70.3 Å². The molecule has 3 fully saturated rings. The van der Waals surface area contributed by atoms with Crippen LogP contribution >= 0.6 is 0 Å². The number of imidazole rings is 1. The highest BCUT2D eigenvalue weighted by molar-refractivity contribution is 7.92. The summed E-state index contributed by atoms with van der Waals surface area (Å²) in [6.45, 7) is 1.51. The maximum absolute atomic E-state index is 13.7. The lowest BCUT2D eigenvalue weighted by atomic mass is 10.1. The van der Waals surface area contributed by atoms with Crippen molar-refractivity contribution in [1.29, 1.82) is 0 Å². The van der Waals surface area contributed by atoms with Gasteiger partial charge in [-0.2, -0.15) is 0 Å². The summed E-state index contributed by atoms with van der Waals surface area (Å²) in [6, 6.07) is 17.2. The lowest BCUT2D eigenvalue weighted by Crippen LogP contribution is -2.41. The van der Waals surface area contributed by atoms with E-state index in [1.54, 1.807) is 19.2 Å². The number of likely N-dealkylation sites (tertiary alicyclic amines) is 1. The molecule has 3 aromatic heterocycles. The van der Waals surface area contributed by atoms with Gasteiger partial charge in [-0.3, -0.25) is 9.52 Å². The summed E-state index contributed by atoms with van der Waals surface area (Å²) in [4.78, 5) is 25.9. The van der Waals surface area contributed by atoms with E-state index in [0.29, 0.717) is 40.9 Å². The maximum atomic E-state index is 13.7. The average Bonchev–Trinajstić information content (AvgIpc) is 3.43. The first-order chi connectivity index (χ1) is 22.1. The zero-order chi connectivity index (χ0) is 31.9. The molecule has 4 heterocycles. The molecule has 8 rings (SSSR count). The minimum absolute atomic E-state index is 0.0227. The molecule has 2 bridgehead atoms. The molecule has 1 amide bonds. The molecule has 5 aromatic rings. The number of ether oxygens (including phenoxy) is 1. The number of pyridine rings is 1. The number of hydrogen-bond donors (Lipinski definition) is 2. The number of benzene rings is 2. The van der Waals surface area contributed by atoms with Gasteiger partial charge in [-0.25, -0.2) is 18.4 Å². The SMILES string of the molecule is COc1cc(C(=O)N2CC3CCC2[C@@H]3N)cc2nc(-c3cc4ccc(-c5cccc(NS(C)(=O)=O)c5)nc4n3CC3CC3)n(C)c12. The summed E-state index contributed by atoms with van der Waals surface area (Å²) >= 11 is 0. The number of piperidine rings is 1. The number of sulfonamides is 1. The van der Waals surface area contributed by atoms with Gasteiger partial charge in [-0.1, -0.05) is 12.1 Å². The van der Waals surface area contributed by atoms with Crippen LogP contribution in [0.25, 0.3) is 44.8 Å². The van der Waals surface area contributed by atoms with Gasteiger partial charge < -0.3 is 24.5 Å². The molecule has 2 unspecified atom stereocenters. The number of methoxy groups -OCH3 is 1. The highest BCUT2D eigenvalue weighted by Crippen LogP contribution is 2.40. The molecule has 3 N–H and O–H groups in total. The van der Waals surface area contributed by atoms with Crippen molar-refractivity contribution in [2.45, 2.75) is 44.3 Å². The summed E-state index contributed by atoms with van der Waals surface area (Å²) in [7, 11) is 0.195. The standard InChI is InChI=1S/C34H37N7O4S/c1-39-31-26(14-23(16-29(31)45-2)34(42)41-18-22-10-12-27(41)30(22)35)37-33(39)28-15-21-9-11-25(36-32(21)40(28)17-19-7-8-19)20-5-4-6-24(13-20)38-46(3,43)44/h4-6,9,11,13-16,19,22,27,30,38H,7-8,10,12,17-18,35H2,1-3H3/t22?,27?,30-/m1/s1. The fourth-order valence-electron chi connectivity index (χ4n) is 7.44. The fraction of sp³-hybridized carbons (Fsp3) is 0.382. The van der Waals surface area contributed by atoms with Crippen molar-refractivity contribution in [3.63, 3.8) is 0 Å². The van der Waals surface area contributed by atoms with Gasteiger partial charge in [0.2, 0.25) is 10.0 Å². The molecule has 11 nitrogen and oxygen atoms in total. The largest absolute Gasteiger partial charge is 0.494 e. The summed E-state index contributed by atoms with van der Waals surface area (Å²) < 4.78 is 36.3. The zero-order valence-corrected chi connectivity index (χ0v) is 26.9. The van der Waals surface area contributed by atoms with Crippen molar-refractivity contribution >= 4 is 43.7 Å². The number of aromatic nitrogens is 4. The normalized spacial score (nSPS) is 21.0. The van der Waals surface area contributed by atoms with Crippen LogP contribution in [-0.2, 0) is 23.6 Å². The number of rotatable bonds is 8. The second-order valence-corrected chi connectivity index (χ2v) is 14.9. The lowest BCUT2D eigenvalue weighted by molar-refractivity contribution is 0.0700. The van der Waals surface area contributed by atoms with E-state index in [-0.39, 0.29) is 18.0 Å². The molecular formula is C34H37N7O4S. The third-order valence-electron chi connectivity index (χ3n) is 9.89. The molecule has 46 heavy (non-hydrogen) atoms. The first-order valence-electron chi connectivity index (χ1n) is 15.8. The van der Waals surface area contributed by atoms with Gasteiger partial charge in [-0.15, -0.1) is 0 Å². The molecule has 0 spiro atoms. The smallest absolute Gasteiger partial charge is 0.254 e. The quantitative estimate of drug-likeness (QED) is 0.253. The van der Waals surface area contributed by atoms with Gasteiger partial charge in [0, 0.05) is 54.4 Å². The summed E-state index contributed by atoms with van der Waals surface area (Å²) in [6.07, 6.45) is 5.51. The van der Waals surface area contributed by atoms with Crippen molar-refractivity contribution in [1.82, 2.24) is 24.0 Å². The Morgan fingerprint density at radius 3 is 2.59 bits per heavy atom. The second-order valence-electron chi connectivity index (χ2n) is 13.1. The number of nitrogens with zero attached hydrogens (tertiary/aromatic N) is 5. The van der Waals surface area contributed by atoms with Gasteiger partial charge >= 0.3 is 0 Å². The van der Waals surface area contributed by atoms with Crippen LogP contribution in [0.5, 0.6) is 5.75 Å². The number of carbonyl (C=O) groups is 1. The molecule has 2 saturated carbocycles. The fourth-order valence-corrected chi connectivity index (χ4v) is 7.99. The third kappa shape index (κ3) is 4.91. The minimum atomic E-state index is -3.41. The van der Waals surface area contributed by atoms with Crippen LogP contribution in [0.2, 0.25) is 0 Å². The minimum Gasteiger partial charge on any atom is -0.494 e. The van der Waals surface area contributed by atoms with Crippen molar-refractivity contribution in [2.24, 2.45) is 24.6 Å². The molecule has 2 aliphatic carbocycles. The van der Waals surface area contributed by atoms with Crippen LogP contribution in [0.4, 0.5) is 5.69 Å². The molecule has 3 aliphatic rings. The zero-order valence-electron chi connectivity index (χ0n) is 26.1. The number of nitrogens with two attached hydrogens (primary N) is 1. The van der Waals surface area contributed by atoms with E-state index in [2.05, 4.69) is 21.4 Å². The highest BCUT2D eigenvalue weighted by Gasteiger charge is 2.47. The summed E-state index contributed by atoms with van der Waals surface area (Å²) in [5, 5.41) is 0.986. The Hall–Kier alpha value is -4.42. The van der Waals surface area contributed by atoms with Crippen molar-refractivity contribution in [3.8, 4) is 28.5 Å².